The molecule has 4 heteroatoms. The van der Waals surface area contributed by atoms with Crippen molar-refractivity contribution in [3.8, 4) is 0 Å². The van der Waals surface area contributed by atoms with E-state index < -0.39 is 5.97 Å². The number of carbonyl (C=O) groups is 1. The second-order valence-corrected chi connectivity index (χ2v) is 3.53. The monoisotopic (exact) mass is 209 g/mol. The predicted molar refractivity (Wildman–Crippen MR) is 57.3 cm³/mol. The summed E-state index contributed by atoms with van der Waals surface area (Å²) in [6.45, 7) is 3.31. The Morgan fingerprint density at radius 2 is 2.20 bits per heavy atom. The largest absolute Gasteiger partial charge is 0.459 e. The van der Waals surface area contributed by atoms with Crippen LogP contribution in [0.4, 0.5) is 5.69 Å². The zero-order valence-corrected chi connectivity index (χ0v) is 8.86. The van der Waals surface area contributed by atoms with E-state index in [2.05, 4.69) is 0 Å². The van der Waals surface area contributed by atoms with Gasteiger partial charge in [0.1, 0.15) is 0 Å². The number of anilines is 1. The second kappa shape index (κ2) is 4.79. The van der Waals surface area contributed by atoms with E-state index >= 15 is 0 Å². The number of benzene rings is 1. The van der Waals surface area contributed by atoms with Crippen LogP contribution in [0.2, 0.25) is 0 Å². The van der Waals surface area contributed by atoms with E-state index in [0.717, 1.165) is 0 Å². The molecule has 0 aliphatic carbocycles. The van der Waals surface area contributed by atoms with Gasteiger partial charge in [-0.1, -0.05) is 0 Å². The maximum atomic E-state index is 11.6. The summed E-state index contributed by atoms with van der Waals surface area (Å²) in [5, 5.41) is 9.06. The molecule has 4 nitrogen and oxygen atoms in total. The van der Waals surface area contributed by atoms with E-state index in [4.69, 9.17) is 15.6 Å². The van der Waals surface area contributed by atoms with Crippen LogP contribution in [0.25, 0.3) is 0 Å². The number of carbonyl (C=O) groups excluding carboxylic acids is 1. The normalized spacial score (nSPS) is 10.4. The van der Waals surface area contributed by atoms with Gasteiger partial charge >= 0.3 is 5.97 Å². The average Bonchev–Trinajstić information content (AvgIpc) is 2.16. The highest BCUT2D eigenvalue weighted by Gasteiger charge is 2.13. The molecule has 0 radical (unpaired) electrons. The van der Waals surface area contributed by atoms with E-state index in [0.29, 0.717) is 16.8 Å². The van der Waals surface area contributed by atoms with E-state index in [9.17, 15) is 4.79 Å². The molecule has 1 aromatic rings. The Morgan fingerprint density at radius 1 is 1.53 bits per heavy atom. The summed E-state index contributed by atoms with van der Waals surface area (Å²) in [6, 6.07) is 4.73. The van der Waals surface area contributed by atoms with Gasteiger partial charge in [0.25, 0.3) is 0 Å². The number of ether oxygens (including phenoxy) is 1. The Hall–Kier alpha value is -1.55. The first-order chi connectivity index (χ1) is 7.04. The quantitative estimate of drug-likeness (QED) is 0.581. The van der Waals surface area contributed by atoms with Crippen molar-refractivity contribution in [2.45, 2.75) is 26.6 Å². The molecule has 1 aromatic carbocycles. The molecule has 3 N–H and O–H groups in total. The van der Waals surface area contributed by atoms with Crippen molar-refractivity contribution in [2.75, 3.05) is 5.73 Å². The summed E-state index contributed by atoms with van der Waals surface area (Å²) in [6.07, 6.45) is -0.179. The highest BCUT2D eigenvalue weighted by Crippen LogP contribution is 2.15. The molecule has 0 aliphatic heterocycles. The van der Waals surface area contributed by atoms with E-state index in [1.165, 1.54) is 0 Å². The molecule has 0 heterocycles. The molecule has 82 valence electrons. The third-order valence-electron chi connectivity index (χ3n) is 1.86. The van der Waals surface area contributed by atoms with Gasteiger partial charge in [0, 0.05) is 5.69 Å². The summed E-state index contributed by atoms with van der Waals surface area (Å²) in [4.78, 5) is 11.6. The molecule has 0 bridgehead atoms. The lowest BCUT2D eigenvalue weighted by Crippen LogP contribution is -2.13. The lowest BCUT2D eigenvalue weighted by Gasteiger charge is -2.10. The summed E-state index contributed by atoms with van der Waals surface area (Å²) in [5.74, 6) is -0.436. The topological polar surface area (TPSA) is 72.5 Å². The highest BCUT2D eigenvalue weighted by atomic mass is 16.5. The third-order valence-corrected chi connectivity index (χ3v) is 1.86. The van der Waals surface area contributed by atoms with Gasteiger partial charge in [0.2, 0.25) is 0 Å². The summed E-state index contributed by atoms with van der Waals surface area (Å²) in [5.41, 5.74) is 6.90. The van der Waals surface area contributed by atoms with Crippen molar-refractivity contribution in [3.63, 3.8) is 0 Å². The number of nitrogens with two attached hydrogens (primary N) is 1. The molecular weight excluding hydrogens is 194 g/mol. The number of hydrogen-bond donors (Lipinski definition) is 2. The number of hydrogen-bond acceptors (Lipinski definition) is 4. The zero-order valence-electron chi connectivity index (χ0n) is 8.86. The van der Waals surface area contributed by atoms with Crippen molar-refractivity contribution in [1.82, 2.24) is 0 Å². The molecule has 0 aliphatic rings. The smallest absolute Gasteiger partial charge is 0.338 e. The van der Waals surface area contributed by atoms with Crippen molar-refractivity contribution in [2.24, 2.45) is 0 Å². The van der Waals surface area contributed by atoms with Gasteiger partial charge in [-0.15, -0.1) is 0 Å². The van der Waals surface area contributed by atoms with Gasteiger partial charge < -0.3 is 15.6 Å². The molecule has 0 spiro atoms. The first-order valence-corrected chi connectivity index (χ1v) is 4.75. The number of rotatable bonds is 3. The minimum atomic E-state index is -0.436. The Kier molecular flexibility index (Phi) is 3.68. The predicted octanol–water partition coefficient (Wildman–Crippen LogP) is 1.33. The molecule has 0 fully saturated rings. The molecule has 0 atom stereocenters. The van der Waals surface area contributed by atoms with E-state index in [1.54, 1.807) is 32.0 Å². The first kappa shape index (κ1) is 11.5. The van der Waals surface area contributed by atoms with Crippen LogP contribution >= 0.6 is 0 Å². The summed E-state index contributed by atoms with van der Waals surface area (Å²) in [7, 11) is 0. The van der Waals surface area contributed by atoms with Gasteiger partial charge in [-0.25, -0.2) is 4.79 Å². The Labute approximate surface area is 88.7 Å². The number of nitrogen functional groups attached to an aromatic ring is 1. The summed E-state index contributed by atoms with van der Waals surface area (Å²) < 4.78 is 5.03. The molecule has 15 heavy (non-hydrogen) atoms. The fraction of sp³-hybridized carbons (Fsp3) is 0.364. The van der Waals surface area contributed by atoms with Gasteiger partial charge in [-0.3, -0.25) is 0 Å². The average molecular weight is 209 g/mol. The van der Waals surface area contributed by atoms with Crippen LogP contribution in [-0.2, 0) is 11.3 Å². The summed E-state index contributed by atoms with van der Waals surface area (Å²) >= 11 is 0. The zero-order chi connectivity index (χ0) is 11.4. The van der Waals surface area contributed by atoms with Crippen LogP contribution in [0.3, 0.4) is 0 Å². The van der Waals surface area contributed by atoms with Gasteiger partial charge in [-0.2, -0.15) is 0 Å². The number of aliphatic hydroxyl groups is 1. The van der Waals surface area contributed by atoms with Crippen LogP contribution in [0, 0.1) is 0 Å². The second-order valence-electron chi connectivity index (χ2n) is 3.53. The number of aliphatic hydroxyl groups excluding tert-OH is 1. The van der Waals surface area contributed by atoms with E-state index in [1.807, 2.05) is 0 Å². The molecule has 0 saturated carbocycles. The maximum Gasteiger partial charge on any atom is 0.338 e. The molecule has 0 saturated heterocycles. The van der Waals surface area contributed by atoms with Gasteiger partial charge in [0.05, 0.1) is 18.3 Å². The number of esters is 1. The van der Waals surface area contributed by atoms with E-state index in [-0.39, 0.29) is 12.7 Å². The first-order valence-electron chi connectivity index (χ1n) is 4.75. The molecule has 0 amide bonds. The lowest BCUT2D eigenvalue weighted by molar-refractivity contribution is 0.0374. The minimum Gasteiger partial charge on any atom is -0.459 e. The third kappa shape index (κ3) is 2.95. The van der Waals surface area contributed by atoms with Crippen LogP contribution in [0.5, 0.6) is 0 Å². The minimum absolute atomic E-state index is 0.179. The highest BCUT2D eigenvalue weighted by molar-refractivity contribution is 5.91. The Morgan fingerprint density at radius 3 is 2.73 bits per heavy atom. The fourth-order valence-corrected chi connectivity index (χ4v) is 1.22. The van der Waals surface area contributed by atoms with Crippen LogP contribution in [-0.4, -0.2) is 17.2 Å². The van der Waals surface area contributed by atoms with Crippen molar-refractivity contribution >= 4 is 11.7 Å². The van der Waals surface area contributed by atoms with Crippen LogP contribution < -0.4 is 5.73 Å². The van der Waals surface area contributed by atoms with Crippen molar-refractivity contribution in [3.05, 3.63) is 29.3 Å². The van der Waals surface area contributed by atoms with Crippen LogP contribution in [0.15, 0.2) is 18.2 Å². The van der Waals surface area contributed by atoms with Gasteiger partial charge in [-0.05, 0) is 37.6 Å². The Bertz CT molecular complexity index is 361. The fourth-order valence-electron chi connectivity index (χ4n) is 1.22. The van der Waals surface area contributed by atoms with Crippen LogP contribution in [0.1, 0.15) is 29.8 Å². The molecule has 1 rings (SSSR count). The molecule has 0 unspecified atom stereocenters. The SMILES string of the molecule is CC(C)OC(=O)c1ccc(N)cc1CO. The molecule has 0 aromatic heterocycles. The van der Waals surface area contributed by atoms with Crippen molar-refractivity contribution < 1.29 is 14.6 Å². The standard InChI is InChI=1S/C11H15NO3/c1-7(2)15-11(14)10-4-3-9(12)5-8(10)6-13/h3-5,7,13H,6,12H2,1-2H3. The maximum absolute atomic E-state index is 11.6. The van der Waals surface area contributed by atoms with Gasteiger partial charge in [0.15, 0.2) is 0 Å². The van der Waals surface area contributed by atoms with Crippen molar-refractivity contribution in [1.29, 1.82) is 0 Å². The molecular formula is C11H15NO3. The Balaban J connectivity index is 2.97. The lowest BCUT2D eigenvalue weighted by atomic mass is 10.1.